The second-order valence-electron chi connectivity index (χ2n) is 6.12. The summed E-state index contributed by atoms with van der Waals surface area (Å²) in [7, 11) is 0. The zero-order valence-corrected chi connectivity index (χ0v) is 12.7. The molecule has 0 aliphatic carbocycles. The van der Waals surface area contributed by atoms with E-state index in [2.05, 4.69) is 43.0 Å². The molecule has 1 saturated heterocycles. The van der Waals surface area contributed by atoms with E-state index in [1.165, 1.54) is 0 Å². The molecule has 1 amide bonds. The molecule has 2 heterocycles. The highest BCUT2D eigenvalue weighted by atomic mass is 16.2. The summed E-state index contributed by atoms with van der Waals surface area (Å²) < 4.78 is 0. The molecule has 0 spiro atoms. The first-order valence-electron chi connectivity index (χ1n) is 7.31. The molecule has 1 N–H and O–H groups in total. The molecule has 2 unspecified atom stereocenters. The predicted octanol–water partition coefficient (Wildman–Crippen LogP) is 1.57. The van der Waals surface area contributed by atoms with Crippen LogP contribution in [0, 0.1) is 11.8 Å². The summed E-state index contributed by atoms with van der Waals surface area (Å²) in [5, 5.41) is 3.56. The first kappa shape index (κ1) is 14.9. The van der Waals surface area contributed by atoms with Crippen LogP contribution in [-0.4, -0.2) is 45.9 Å². The lowest BCUT2D eigenvalue weighted by molar-refractivity contribution is 0.0469. The van der Waals surface area contributed by atoms with E-state index in [9.17, 15) is 4.79 Å². The van der Waals surface area contributed by atoms with Crippen LogP contribution in [0.3, 0.4) is 0 Å². The summed E-state index contributed by atoms with van der Waals surface area (Å²) >= 11 is 0. The van der Waals surface area contributed by atoms with Gasteiger partial charge in [-0.25, -0.2) is 4.98 Å². The van der Waals surface area contributed by atoms with Gasteiger partial charge >= 0.3 is 0 Å². The zero-order valence-electron chi connectivity index (χ0n) is 12.7. The monoisotopic (exact) mass is 276 g/mol. The van der Waals surface area contributed by atoms with Crippen LogP contribution < -0.4 is 5.32 Å². The third-order valence-electron chi connectivity index (χ3n) is 4.00. The van der Waals surface area contributed by atoms with Gasteiger partial charge in [0.25, 0.3) is 5.91 Å². The summed E-state index contributed by atoms with van der Waals surface area (Å²) in [5.41, 5.74) is 0.433. The van der Waals surface area contributed by atoms with E-state index in [0.29, 0.717) is 23.6 Å². The molecule has 1 aliphatic heterocycles. The highest BCUT2D eigenvalue weighted by molar-refractivity contribution is 5.92. The standard InChI is InChI=1S/C15H24N4O/c1-10(2)13-9-19(14(8-18-13)11(3)4)15(20)12-7-16-5-6-17-12/h5-7,10-11,13-14,18H,8-9H2,1-4H3. The number of nitrogens with one attached hydrogen (secondary N) is 1. The summed E-state index contributed by atoms with van der Waals surface area (Å²) in [6.45, 7) is 10.2. The Morgan fingerprint density at radius 3 is 2.60 bits per heavy atom. The Kier molecular flexibility index (Phi) is 4.70. The first-order chi connectivity index (χ1) is 9.50. The highest BCUT2D eigenvalue weighted by Crippen LogP contribution is 2.20. The molecule has 5 heteroatoms. The van der Waals surface area contributed by atoms with Crippen LogP contribution in [0.25, 0.3) is 0 Å². The van der Waals surface area contributed by atoms with Crippen molar-refractivity contribution in [2.24, 2.45) is 11.8 Å². The van der Waals surface area contributed by atoms with Gasteiger partial charge in [-0.1, -0.05) is 27.7 Å². The van der Waals surface area contributed by atoms with Gasteiger partial charge in [0.2, 0.25) is 0 Å². The number of hydrogen-bond donors (Lipinski definition) is 1. The van der Waals surface area contributed by atoms with Crippen molar-refractivity contribution in [1.82, 2.24) is 20.2 Å². The second-order valence-corrected chi connectivity index (χ2v) is 6.12. The minimum absolute atomic E-state index is 0.0102. The lowest BCUT2D eigenvalue weighted by Gasteiger charge is -2.43. The Labute approximate surface area is 120 Å². The molecule has 5 nitrogen and oxygen atoms in total. The van der Waals surface area contributed by atoms with Crippen LogP contribution in [0.4, 0.5) is 0 Å². The van der Waals surface area contributed by atoms with Crippen molar-refractivity contribution in [3.63, 3.8) is 0 Å². The molecular formula is C15H24N4O. The maximum Gasteiger partial charge on any atom is 0.274 e. The molecular weight excluding hydrogens is 252 g/mol. The van der Waals surface area contributed by atoms with Gasteiger partial charge in [-0.15, -0.1) is 0 Å². The van der Waals surface area contributed by atoms with Gasteiger partial charge in [0.1, 0.15) is 5.69 Å². The number of amides is 1. The van der Waals surface area contributed by atoms with Gasteiger partial charge in [-0.05, 0) is 11.8 Å². The number of piperazine rings is 1. The smallest absolute Gasteiger partial charge is 0.274 e. The van der Waals surface area contributed by atoms with Crippen LogP contribution in [0.15, 0.2) is 18.6 Å². The molecule has 1 aromatic rings. The SMILES string of the molecule is CC(C)C1CN(C(=O)c2cnccn2)C(C(C)C)CN1. The molecule has 2 atom stereocenters. The van der Waals surface area contributed by atoms with Gasteiger partial charge in [0, 0.05) is 37.6 Å². The Hall–Kier alpha value is -1.49. The van der Waals surface area contributed by atoms with Crippen LogP contribution in [0.2, 0.25) is 0 Å². The van der Waals surface area contributed by atoms with Crippen LogP contribution in [0.5, 0.6) is 0 Å². The van der Waals surface area contributed by atoms with Crippen molar-refractivity contribution in [1.29, 1.82) is 0 Å². The molecule has 0 bridgehead atoms. The fourth-order valence-corrected chi connectivity index (χ4v) is 2.63. The normalized spacial score (nSPS) is 23.4. The zero-order chi connectivity index (χ0) is 14.7. The van der Waals surface area contributed by atoms with Crippen molar-refractivity contribution in [2.45, 2.75) is 39.8 Å². The maximum absolute atomic E-state index is 12.7. The third kappa shape index (κ3) is 3.15. The Bertz CT molecular complexity index is 446. The van der Waals surface area contributed by atoms with E-state index in [0.717, 1.165) is 13.1 Å². The number of rotatable bonds is 3. The van der Waals surface area contributed by atoms with E-state index in [1.54, 1.807) is 18.6 Å². The van der Waals surface area contributed by atoms with Crippen LogP contribution in [0.1, 0.15) is 38.2 Å². The summed E-state index contributed by atoms with van der Waals surface area (Å²) in [6, 6.07) is 0.546. The van der Waals surface area contributed by atoms with E-state index in [-0.39, 0.29) is 11.9 Å². The molecule has 2 rings (SSSR count). The summed E-state index contributed by atoms with van der Waals surface area (Å²) in [6.07, 6.45) is 4.71. The molecule has 1 fully saturated rings. The van der Waals surface area contributed by atoms with Crippen molar-refractivity contribution < 1.29 is 4.79 Å². The van der Waals surface area contributed by atoms with Gasteiger partial charge in [0.05, 0.1) is 6.20 Å². The van der Waals surface area contributed by atoms with E-state index in [1.807, 2.05) is 4.90 Å². The molecule has 110 valence electrons. The number of carbonyl (C=O) groups is 1. The van der Waals surface area contributed by atoms with Gasteiger partial charge in [0.15, 0.2) is 0 Å². The minimum atomic E-state index is -0.0102. The van der Waals surface area contributed by atoms with Crippen LogP contribution in [-0.2, 0) is 0 Å². The average molecular weight is 276 g/mol. The topological polar surface area (TPSA) is 58.1 Å². The molecule has 0 aromatic carbocycles. The van der Waals surface area contributed by atoms with Gasteiger partial charge in [-0.2, -0.15) is 0 Å². The number of hydrogen-bond acceptors (Lipinski definition) is 4. The Balaban J connectivity index is 2.21. The predicted molar refractivity (Wildman–Crippen MR) is 78.3 cm³/mol. The first-order valence-corrected chi connectivity index (χ1v) is 7.31. The van der Waals surface area contributed by atoms with E-state index < -0.39 is 0 Å². The lowest BCUT2D eigenvalue weighted by atomic mass is 9.94. The van der Waals surface area contributed by atoms with Crippen molar-refractivity contribution in [3.8, 4) is 0 Å². The minimum Gasteiger partial charge on any atom is -0.331 e. The number of nitrogens with zero attached hydrogens (tertiary/aromatic N) is 3. The third-order valence-corrected chi connectivity index (χ3v) is 4.00. The quantitative estimate of drug-likeness (QED) is 0.910. The second kappa shape index (κ2) is 6.31. The maximum atomic E-state index is 12.7. The molecule has 20 heavy (non-hydrogen) atoms. The van der Waals surface area contributed by atoms with E-state index in [4.69, 9.17) is 0 Å². The summed E-state index contributed by atoms with van der Waals surface area (Å²) in [5.74, 6) is 0.903. The van der Waals surface area contributed by atoms with Crippen LogP contribution >= 0.6 is 0 Å². The molecule has 1 aliphatic rings. The fraction of sp³-hybridized carbons (Fsp3) is 0.667. The average Bonchev–Trinajstić information content (AvgIpc) is 2.46. The largest absolute Gasteiger partial charge is 0.331 e. The summed E-state index contributed by atoms with van der Waals surface area (Å²) in [4.78, 5) is 22.8. The van der Waals surface area contributed by atoms with Crippen molar-refractivity contribution in [2.75, 3.05) is 13.1 Å². The molecule has 0 radical (unpaired) electrons. The lowest BCUT2D eigenvalue weighted by Crippen LogP contribution is -2.61. The Morgan fingerprint density at radius 1 is 1.30 bits per heavy atom. The number of carbonyl (C=O) groups excluding carboxylic acids is 1. The Morgan fingerprint density at radius 2 is 2.05 bits per heavy atom. The van der Waals surface area contributed by atoms with Crippen molar-refractivity contribution >= 4 is 5.91 Å². The van der Waals surface area contributed by atoms with E-state index >= 15 is 0 Å². The van der Waals surface area contributed by atoms with Crippen molar-refractivity contribution in [3.05, 3.63) is 24.3 Å². The fourth-order valence-electron chi connectivity index (χ4n) is 2.63. The number of aromatic nitrogens is 2. The van der Waals surface area contributed by atoms with Gasteiger partial charge in [-0.3, -0.25) is 9.78 Å². The molecule has 1 aromatic heterocycles. The van der Waals surface area contributed by atoms with Gasteiger partial charge < -0.3 is 10.2 Å². The highest BCUT2D eigenvalue weighted by Gasteiger charge is 2.34. The molecule has 0 saturated carbocycles.